The van der Waals surface area contributed by atoms with E-state index in [1.54, 1.807) is 19.3 Å². The Hall–Kier alpha value is 0. The molecule has 0 aromatic carbocycles. The maximum absolute atomic E-state index is 2.60. The van der Waals surface area contributed by atoms with Crippen molar-refractivity contribution in [1.29, 1.82) is 0 Å². The maximum atomic E-state index is 2.60. The Morgan fingerprint density at radius 2 is 2.00 bits per heavy atom. The smallest absolute Gasteiger partial charge is 0.0266 e. The highest BCUT2D eigenvalue weighted by molar-refractivity contribution is 5.10. The summed E-state index contributed by atoms with van der Waals surface area (Å²) in [5.74, 6) is 5.45. The van der Waals surface area contributed by atoms with Crippen LogP contribution in [0.5, 0.6) is 0 Å². The van der Waals surface area contributed by atoms with Gasteiger partial charge in [-0.1, -0.05) is 46.5 Å². The van der Waals surface area contributed by atoms with Crippen molar-refractivity contribution in [3.05, 3.63) is 0 Å². The zero-order valence-electron chi connectivity index (χ0n) is 11.3. The van der Waals surface area contributed by atoms with E-state index in [9.17, 15) is 0 Å². The fraction of sp³-hybridized carbons (Fsp3) is 1.00. The third-order valence-corrected chi connectivity index (χ3v) is 6.79. The van der Waals surface area contributed by atoms with Crippen LogP contribution in [-0.2, 0) is 0 Å². The summed E-state index contributed by atoms with van der Waals surface area (Å²) in [5, 5.41) is 0. The van der Waals surface area contributed by atoms with Crippen LogP contribution >= 0.6 is 0 Å². The van der Waals surface area contributed by atoms with Gasteiger partial charge >= 0.3 is 0 Å². The second kappa shape index (κ2) is 3.75. The summed E-state index contributed by atoms with van der Waals surface area (Å²) in [5.41, 5.74) is 0.756. The Labute approximate surface area is 101 Å². The van der Waals surface area contributed by atoms with Crippen molar-refractivity contribution in [2.75, 3.05) is 0 Å². The van der Waals surface area contributed by atoms with Crippen LogP contribution in [0.4, 0.5) is 0 Å². The van der Waals surface area contributed by atoms with Crippen molar-refractivity contribution in [1.82, 2.24) is 0 Å². The quantitative estimate of drug-likeness (QED) is 0.622. The zero-order chi connectivity index (χ0) is 11.3. The zero-order valence-corrected chi connectivity index (χ0v) is 11.3. The van der Waals surface area contributed by atoms with Crippen molar-refractivity contribution in [2.24, 2.45) is 35.0 Å². The second-order valence-corrected chi connectivity index (χ2v) is 7.16. The molecule has 0 heterocycles. The van der Waals surface area contributed by atoms with Crippen LogP contribution in [0.1, 0.15) is 65.7 Å². The highest BCUT2D eigenvalue weighted by Gasteiger charge is 2.61. The first-order valence-corrected chi connectivity index (χ1v) is 7.68. The van der Waals surface area contributed by atoms with Gasteiger partial charge in [0.05, 0.1) is 0 Å². The molecular formula is C16H28. The van der Waals surface area contributed by atoms with Gasteiger partial charge in [0.15, 0.2) is 0 Å². The van der Waals surface area contributed by atoms with E-state index in [2.05, 4.69) is 20.8 Å². The van der Waals surface area contributed by atoms with Gasteiger partial charge in [-0.05, 0) is 54.3 Å². The molecule has 0 heteroatoms. The molecule has 0 amide bonds. The minimum atomic E-state index is 0.756. The lowest BCUT2D eigenvalue weighted by Crippen LogP contribution is -2.38. The molecule has 0 spiro atoms. The Morgan fingerprint density at radius 1 is 1.19 bits per heavy atom. The molecule has 3 aliphatic carbocycles. The first-order valence-electron chi connectivity index (χ1n) is 7.68. The first kappa shape index (κ1) is 11.1. The van der Waals surface area contributed by atoms with Crippen LogP contribution in [0.3, 0.4) is 0 Å². The maximum Gasteiger partial charge on any atom is -0.0266 e. The average molecular weight is 220 g/mol. The summed E-state index contributed by atoms with van der Waals surface area (Å²) in [4.78, 5) is 0. The van der Waals surface area contributed by atoms with Gasteiger partial charge in [-0.15, -0.1) is 0 Å². The van der Waals surface area contributed by atoms with E-state index < -0.39 is 0 Å². The number of fused-ring (bicyclic) bond motifs is 3. The van der Waals surface area contributed by atoms with Gasteiger partial charge in [0.2, 0.25) is 0 Å². The second-order valence-electron chi connectivity index (χ2n) is 7.16. The van der Waals surface area contributed by atoms with Gasteiger partial charge in [0.25, 0.3) is 0 Å². The molecule has 0 nitrogen and oxygen atoms in total. The predicted octanol–water partition coefficient (Wildman–Crippen LogP) is 4.89. The Morgan fingerprint density at radius 3 is 2.62 bits per heavy atom. The van der Waals surface area contributed by atoms with Crippen molar-refractivity contribution < 1.29 is 0 Å². The molecule has 6 atom stereocenters. The molecule has 0 saturated heterocycles. The van der Waals surface area contributed by atoms with Crippen LogP contribution in [0.15, 0.2) is 0 Å². The summed E-state index contributed by atoms with van der Waals surface area (Å²) in [6.45, 7) is 7.57. The highest BCUT2D eigenvalue weighted by atomic mass is 14.7. The molecule has 0 N–H and O–H groups in total. The lowest BCUT2D eigenvalue weighted by molar-refractivity contribution is 0.0274. The molecule has 16 heavy (non-hydrogen) atoms. The normalized spacial score (nSPS) is 55.3. The molecule has 6 unspecified atom stereocenters. The van der Waals surface area contributed by atoms with Gasteiger partial charge in [0.1, 0.15) is 0 Å². The van der Waals surface area contributed by atoms with E-state index >= 15 is 0 Å². The van der Waals surface area contributed by atoms with E-state index in [1.165, 1.54) is 25.7 Å². The number of rotatable bonds is 2. The van der Waals surface area contributed by atoms with E-state index in [0.29, 0.717) is 0 Å². The molecule has 3 fully saturated rings. The van der Waals surface area contributed by atoms with Gasteiger partial charge in [-0.2, -0.15) is 0 Å². The molecule has 0 aromatic rings. The van der Waals surface area contributed by atoms with Crippen LogP contribution in [0.2, 0.25) is 0 Å². The van der Waals surface area contributed by atoms with E-state index in [0.717, 1.165) is 35.0 Å². The van der Waals surface area contributed by atoms with Gasteiger partial charge < -0.3 is 0 Å². The Bertz CT molecular complexity index is 267. The van der Waals surface area contributed by atoms with Gasteiger partial charge in [-0.25, -0.2) is 0 Å². The Balaban J connectivity index is 1.84. The van der Waals surface area contributed by atoms with Crippen molar-refractivity contribution in [2.45, 2.75) is 65.7 Å². The van der Waals surface area contributed by atoms with Gasteiger partial charge in [0, 0.05) is 0 Å². The summed E-state index contributed by atoms with van der Waals surface area (Å²) in [6, 6.07) is 0. The third kappa shape index (κ3) is 1.28. The summed E-state index contributed by atoms with van der Waals surface area (Å²) in [7, 11) is 0. The fourth-order valence-electron chi connectivity index (χ4n) is 5.78. The fourth-order valence-corrected chi connectivity index (χ4v) is 5.78. The standard InChI is InChI=1S/C16H28/c1-4-6-12-7-5-8-13-14-9-10-16(14,3)11(2)15(12)13/h11-15H,4-10H2,1-3H3. The van der Waals surface area contributed by atoms with Crippen molar-refractivity contribution in [3.63, 3.8) is 0 Å². The molecule has 0 bridgehead atoms. The van der Waals surface area contributed by atoms with Crippen molar-refractivity contribution >= 4 is 0 Å². The molecule has 92 valence electrons. The minimum absolute atomic E-state index is 0.756. The molecule has 0 radical (unpaired) electrons. The Kier molecular flexibility index (Phi) is 2.60. The van der Waals surface area contributed by atoms with Crippen LogP contribution in [0.25, 0.3) is 0 Å². The summed E-state index contributed by atoms with van der Waals surface area (Å²) in [6.07, 6.45) is 10.6. The predicted molar refractivity (Wildman–Crippen MR) is 69.2 cm³/mol. The van der Waals surface area contributed by atoms with E-state index in [1.807, 2.05) is 0 Å². The van der Waals surface area contributed by atoms with Crippen molar-refractivity contribution in [3.8, 4) is 0 Å². The average Bonchev–Trinajstić information content (AvgIpc) is 2.39. The molecule has 3 rings (SSSR count). The molecular weight excluding hydrogens is 192 g/mol. The summed E-state index contributed by atoms with van der Waals surface area (Å²) < 4.78 is 0. The first-order chi connectivity index (χ1) is 7.68. The lowest BCUT2D eigenvalue weighted by atomic mass is 9.58. The molecule has 3 saturated carbocycles. The van der Waals surface area contributed by atoms with E-state index in [-0.39, 0.29) is 0 Å². The summed E-state index contributed by atoms with van der Waals surface area (Å²) >= 11 is 0. The SMILES string of the molecule is CCCC1CCCC2C1C(C)C1(C)CCC21. The van der Waals surface area contributed by atoms with Crippen LogP contribution < -0.4 is 0 Å². The molecule has 3 aliphatic rings. The lowest BCUT2D eigenvalue weighted by Gasteiger charge is -2.47. The van der Waals surface area contributed by atoms with E-state index in [4.69, 9.17) is 0 Å². The minimum Gasteiger partial charge on any atom is -0.0654 e. The topological polar surface area (TPSA) is 0 Å². The molecule has 0 aromatic heterocycles. The van der Waals surface area contributed by atoms with Crippen LogP contribution in [0, 0.1) is 35.0 Å². The van der Waals surface area contributed by atoms with Crippen LogP contribution in [-0.4, -0.2) is 0 Å². The number of hydrogen-bond donors (Lipinski definition) is 0. The number of hydrogen-bond acceptors (Lipinski definition) is 0. The monoisotopic (exact) mass is 220 g/mol. The highest BCUT2D eigenvalue weighted by Crippen LogP contribution is 2.69. The third-order valence-electron chi connectivity index (χ3n) is 6.79. The largest absolute Gasteiger partial charge is 0.0654 e. The molecule has 0 aliphatic heterocycles. The van der Waals surface area contributed by atoms with Gasteiger partial charge in [-0.3, -0.25) is 0 Å².